The third-order valence-corrected chi connectivity index (χ3v) is 3.18. The lowest BCUT2D eigenvalue weighted by Gasteiger charge is -2.13. The molecule has 0 aliphatic heterocycles. The molecule has 2 aromatic rings. The van der Waals surface area contributed by atoms with Crippen LogP contribution < -0.4 is 0 Å². The third kappa shape index (κ3) is 3.22. The number of nitrogens with zero attached hydrogens (tertiary/aromatic N) is 1. The van der Waals surface area contributed by atoms with E-state index >= 15 is 0 Å². The number of hydrogen-bond acceptors (Lipinski definition) is 3. The Balaban J connectivity index is 2.37. The van der Waals surface area contributed by atoms with Gasteiger partial charge in [-0.1, -0.05) is 42.5 Å². The number of rotatable bonds is 5. The van der Waals surface area contributed by atoms with E-state index in [2.05, 4.69) is 0 Å². The summed E-state index contributed by atoms with van der Waals surface area (Å²) in [4.78, 5) is 21.3. The van der Waals surface area contributed by atoms with Gasteiger partial charge in [0.15, 0.2) is 0 Å². The summed E-state index contributed by atoms with van der Waals surface area (Å²) in [5.41, 5.74) is -0.110. The predicted octanol–water partition coefficient (Wildman–Crippen LogP) is 3.14. The molecular weight excluding hydrogens is 277 g/mol. The van der Waals surface area contributed by atoms with Gasteiger partial charge in [-0.25, -0.2) is 0 Å². The Morgan fingerprint density at radius 3 is 2.43 bits per heavy atom. The van der Waals surface area contributed by atoms with Crippen molar-refractivity contribution in [1.82, 2.24) is 0 Å². The van der Waals surface area contributed by atoms with E-state index in [-0.39, 0.29) is 12.0 Å². The first kappa shape index (κ1) is 14.6. The van der Waals surface area contributed by atoms with Crippen molar-refractivity contribution in [3.8, 4) is 0 Å². The van der Waals surface area contributed by atoms with E-state index in [0.29, 0.717) is 5.56 Å². The van der Waals surface area contributed by atoms with Crippen LogP contribution in [0.2, 0.25) is 0 Å². The number of aliphatic carboxylic acids is 1. The van der Waals surface area contributed by atoms with E-state index in [1.807, 2.05) is 0 Å². The molecule has 2 aromatic carbocycles. The minimum absolute atomic E-state index is 0.0143. The molecule has 0 bridgehead atoms. The van der Waals surface area contributed by atoms with Crippen LogP contribution >= 0.6 is 0 Å². The summed E-state index contributed by atoms with van der Waals surface area (Å²) in [6, 6.07) is 12.2. The first-order valence-electron chi connectivity index (χ1n) is 6.20. The van der Waals surface area contributed by atoms with Crippen LogP contribution in [0.25, 0.3) is 0 Å². The van der Waals surface area contributed by atoms with Crippen LogP contribution in [0.15, 0.2) is 48.5 Å². The van der Waals surface area contributed by atoms with Gasteiger partial charge in [-0.2, -0.15) is 4.39 Å². The Labute approximate surface area is 119 Å². The molecule has 1 unspecified atom stereocenters. The molecule has 1 N–H and O–H groups in total. The first-order chi connectivity index (χ1) is 10.0. The molecule has 0 aromatic heterocycles. The maximum atomic E-state index is 14.0. The molecule has 21 heavy (non-hydrogen) atoms. The summed E-state index contributed by atoms with van der Waals surface area (Å²) in [7, 11) is 0. The van der Waals surface area contributed by atoms with E-state index in [1.54, 1.807) is 30.3 Å². The molecule has 0 amide bonds. The Bertz CT molecular complexity index is 673. The minimum Gasteiger partial charge on any atom is -0.481 e. The standard InChI is InChI=1S/C15H12FNO4/c16-14-11(7-4-8-13(14)17(20)21)9-12(15(18)19)10-5-2-1-3-6-10/h1-8,12H,9H2,(H,18,19). The highest BCUT2D eigenvalue weighted by molar-refractivity contribution is 5.76. The molecule has 1 atom stereocenters. The average Bonchev–Trinajstić information content (AvgIpc) is 2.46. The second kappa shape index (κ2) is 6.13. The van der Waals surface area contributed by atoms with Crippen molar-refractivity contribution in [1.29, 1.82) is 0 Å². The van der Waals surface area contributed by atoms with Crippen molar-refractivity contribution >= 4 is 11.7 Å². The molecule has 6 heteroatoms. The zero-order valence-corrected chi connectivity index (χ0v) is 10.9. The van der Waals surface area contributed by atoms with Crippen molar-refractivity contribution in [3.05, 3.63) is 75.6 Å². The predicted molar refractivity (Wildman–Crippen MR) is 73.6 cm³/mol. The van der Waals surface area contributed by atoms with Crippen LogP contribution in [0.1, 0.15) is 17.0 Å². The topological polar surface area (TPSA) is 80.4 Å². The average molecular weight is 289 g/mol. The third-order valence-electron chi connectivity index (χ3n) is 3.18. The number of hydrogen-bond donors (Lipinski definition) is 1. The molecule has 0 saturated heterocycles. The molecule has 108 valence electrons. The summed E-state index contributed by atoms with van der Waals surface area (Å²) in [6.07, 6.45) is -0.146. The zero-order valence-electron chi connectivity index (χ0n) is 10.9. The summed E-state index contributed by atoms with van der Waals surface area (Å²) in [6.45, 7) is 0. The fourth-order valence-corrected chi connectivity index (χ4v) is 2.12. The summed E-state index contributed by atoms with van der Waals surface area (Å²) in [5, 5.41) is 20.0. The maximum Gasteiger partial charge on any atom is 0.311 e. The second-order valence-corrected chi connectivity index (χ2v) is 4.51. The van der Waals surface area contributed by atoms with Gasteiger partial charge in [0.05, 0.1) is 10.8 Å². The Morgan fingerprint density at radius 2 is 1.86 bits per heavy atom. The summed E-state index contributed by atoms with van der Waals surface area (Å²) in [5.74, 6) is -3.04. The highest BCUT2D eigenvalue weighted by Crippen LogP contribution is 2.26. The quantitative estimate of drug-likeness (QED) is 0.677. The number of carboxylic acid groups (broad SMARTS) is 1. The van der Waals surface area contributed by atoms with Crippen LogP contribution in [-0.2, 0) is 11.2 Å². The van der Waals surface area contributed by atoms with Gasteiger partial charge < -0.3 is 5.11 Å². The van der Waals surface area contributed by atoms with Crippen LogP contribution in [0, 0.1) is 15.9 Å². The summed E-state index contributed by atoms with van der Waals surface area (Å²) < 4.78 is 14.0. The highest BCUT2D eigenvalue weighted by atomic mass is 19.1. The lowest BCUT2D eigenvalue weighted by molar-refractivity contribution is -0.387. The smallest absolute Gasteiger partial charge is 0.311 e. The number of nitro groups is 1. The van der Waals surface area contributed by atoms with E-state index in [0.717, 1.165) is 6.07 Å². The number of carboxylic acids is 1. The zero-order chi connectivity index (χ0) is 15.4. The normalized spacial score (nSPS) is 11.9. The van der Waals surface area contributed by atoms with E-state index in [1.165, 1.54) is 12.1 Å². The number of carbonyl (C=O) groups is 1. The second-order valence-electron chi connectivity index (χ2n) is 4.51. The van der Waals surface area contributed by atoms with Crippen molar-refractivity contribution in [2.45, 2.75) is 12.3 Å². The van der Waals surface area contributed by atoms with Crippen molar-refractivity contribution in [2.75, 3.05) is 0 Å². The van der Waals surface area contributed by atoms with Gasteiger partial charge in [-0.15, -0.1) is 0 Å². The number of nitro benzene ring substituents is 1. The van der Waals surface area contributed by atoms with Crippen molar-refractivity contribution in [2.24, 2.45) is 0 Å². The molecule has 0 radical (unpaired) electrons. The van der Waals surface area contributed by atoms with Gasteiger partial charge in [0.25, 0.3) is 0 Å². The van der Waals surface area contributed by atoms with Gasteiger partial charge in [-0.3, -0.25) is 14.9 Å². The Morgan fingerprint density at radius 1 is 1.19 bits per heavy atom. The van der Waals surface area contributed by atoms with Gasteiger partial charge in [0.2, 0.25) is 5.82 Å². The van der Waals surface area contributed by atoms with Crippen LogP contribution in [0.3, 0.4) is 0 Å². The van der Waals surface area contributed by atoms with E-state index < -0.39 is 28.3 Å². The Hall–Kier alpha value is -2.76. The van der Waals surface area contributed by atoms with Gasteiger partial charge in [0, 0.05) is 6.07 Å². The molecule has 0 fully saturated rings. The fourth-order valence-electron chi connectivity index (χ4n) is 2.12. The molecule has 0 heterocycles. The van der Waals surface area contributed by atoms with Gasteiger partial charge in [-0.05, 0) is 17.5 Å². The lowest BCUT2D eigenvalue weighted by Crippen LogP contribution is -2.15. The minimum atomic E-state index is -1.10. The SMILES string of the molecule is O=C(O)C(Cc1cccc([N+](=O)[O-])c1F)c1ccccc1. The monoisotopic (exact) mass is 289 g/mol. The molecular formula is C15H12FNO4. The van der Waals surface area contributed by atoms with Crippen LogP contribution in [-0.4, -0.2) is 16.0 Å². The fraction of sp³-hybridized carbons (Fsp3) is 0.133. The highest BCUT2D eigenvalue weighted by Gasteiger charge is 2.24. The summed E-state index contributed by atoms with van der Waals surface area (Å²) >= 11 is 0. The molecule has 2 rings (SSSR count). The number of benzene rings is 2. The maximum absolute atomic E-state index is 14.0. The van der Waals surface area contributed by atoms with E-state index in [9.17, 15) is 24.4 Å². The molecule has 0 saturated carbocycles. The van der Waals surface area contributed by atoms with Crippen molar-refractivity contribution in [3.63, 3.8) is 0 Å². The molecule has 5 nitrogen and oxygen atoms in total. The molecule has 0 spiro atoms. The van der Waals surface area contributed by atoms with E-state index in [4.69, 9.17) is 0 Å². The Kier molecular flexibility index (Phi) is 4.27. The van der Waals surface area contributed by atoms with Crippen molar-refractivity contribution < 1.29 is 19.2 Å². The molecule has 0 aliphatic carbocycles. The first-order valence-corrected chi connectivity index (χ1v) is 6.20. The number of halogens is 1. The van der Waals surface area contributed by atoms with Crippen LogP contribution in [0.4, 0.5) is 10.1 Å². The van der Waals surface area contributed by atoms with Gasteiger partial charge in [0.1, 0.15) is 0 Å². The van der Waals surface area contributed by atoms with Gasteiger partial charge >= 0.3 is 11.7 Å². The molecule has 0 aliphatic rings. The lowest BCUT2D eigenvalue weighted by atomic mass is 9.91. The largest absolute Gasteiger partial charge is 0.481 e. The van der Waals surface area contributed by atoms with Crippen LogP contribution in [0.5, 0.6) is 0 Å².